The van der Waals surface area contributed by atoms with E-state index in [2.05, 4.69) is 5.32 Å². The van der Waals surface area contributed by atoms with Crippen molar-refractivity contribution in [3.63, 3.8) is 0 Å². The topological polar surface area (TPSA) is 119 Å². The van der Waals surface area contributed by atoms with Gasteiger partial charge in [0, 0.05) is 31.9 Å². The average molecular weight is 256 g/mol. The second kappa shape index (κ2) is 5.63. The van der Waals surface area contributed by atoms with E-state index in [1.165, 1.54) is 19.9 Å². The van der Waals surface area contributed by atoms with Crippen LogP contribution in [0.25, 0.3) is 0 Å². The Balaban J connectivity index is 2.94. The van der Waals surface area contributed by atoms with E-state index in [0.29, 0.717) is 0 Å². The molecule has 18 heavy (non-hydrogen) atoms. The Labute approximate surface area is 104 Å². The Morgan fingerprint density at radius 1 is 1.44 bits per heavy atom. The van der Waals surface area contributed by atoms with Crippen molar-refractivity contribution in [3.05, 3.63) is 11.6 Å². The summed E-state index contributed by atoms with van der Waals surface area (Å²) in [5, 5.41) is 11.5. The second-order valence-corrected chi connectivity index (χ2v) is 4.15. The van der Waals surface area contributed by atoms with E-state index in [0.717, 1.165) is 0 Å². The molecule has 3 atom stereocenters. The number of esters is 1. The molecule has 0 saturated heterocycles. The lowest BCUT2D eigenvalue weighted by Gasteiger charge is -2.34. The molecule has 1 rings (SSSR count). The van der Waals surface area contributed by atoms with Crippen LogP contribution in [-0.4, -0.2) is 41.1 Å². The first-order chi connectivity index (χ1) is 8.31. The van der Waals surface area contributed by atoms with Crippen molar-refractivity contribution < 1.29 is 24.2 Å². The van der Waals surface area contributed by atoms with Gasteiger partial charge in [-0.2, -0.15) is 0 Å². The SMILES string of the molecule is CC(=O)NC1[C@@H](N)C=C(C(=O)O)C[C@H]1OC(C)=O. The second-order valence-electron chi connectivity index (χ2n) is 4.15. The van der Waals surface area contributed by atoms with Crippen molar-refractivity contribution in [3.8, 4) is 0 Å². The number of rotatable bonds is 3. The predicted octanol–water partition coefficient (Wildman–Crippen LogP) is -0.835. The Morgan fingerprint density at radius 3 is 2.50 bits per heavy atom. The highest BCUT2D eigenvalue weighted by atomic mass is 16.5. The third kappa shape index (κ3) is 3.56. The maximum Gasteiger partial charge on any atom is 0.331 e. The summed E-state index contributed by atoms with van der Waals surface area (Å²) < 4.78 is 5.02. The lowest BCUT2D eigenvalue weighted by Crippen LogP contribution is -2.56. The Hall–Kier alpha value is -1.89. The van der Waals surface area contributed by atoms with E-state index in [-0.39, 0.29) is 17.9 Å². The summed E-state index contributed by atoms with van der Waals surface area (Å²) in [6.45, 7) is 2.53. The molecule has 0 spiro atoms. The number of carbonyl (C=O) groups excluding carboxylic acids is 2. The van der Waals surface area contributed by atoms with E-state index < -0.39 is 30.1 Å². The van der Waals surface area contributed by atoms with Crippen LogP contribution in [0, 0.1) is 0 Å². The van der Waals surface area contributed by atoms with Crippen LogP contribution in [-0.2, 0) is 19.1 Å². The predicted molar refractivity (Wildman–Crippen MR) is 61.5 cm³/mol. The minimum absolute atomic E-state index is 0.0214. The van der Waals surface area contributed by atoms with Crippen molar-refractivity contribution in [1.29, 1.82) is 0 Å². The first-order valence-corrected chi connectivity index (χ1v) is 5.45. The molecule has 0 heterocycles. The highest BCUT2D eigenvalue weighted by Crippen LogP contribution is 2.21. The van der Waals surface area contributed by atoms with Crippen LogP contribution < -0.4 is 11.1 Å². The largest absolute Gasteiger partial charge is 0.478 e. The lowest BCUT2D eigenvalue weighted by atomic mass is 9.88. The number of aliphatic carboxylic acids is 1. The molecule has 0 aromatic carbocycles. The van der Waals surface area contributed by atoms with Crippen LogP contribution in [0.2, 0.25) is 0 Å². The van der Waals surface area contributed by atoms with Crippen LogP contribution >= 0.6 is 0 Å². The van der Waals surface area contributed by atoms with Crippen molar-refractivity contribution in [2.24, 2.45) is 5.73 Å². The van der Waals surface area contributed by atoms with Gasteiger partial charge in [-0.1, -0.05) is 6.08 Å². The number of hydrogen-bond donors (Lipinski definition) is 3. The molecule has 0 bridgehead atoms. The monoisotopic (exact) mass is 256 g/mol. The van der Waals surface area contributed by atoms with Gasteiger partial charge in [-0.3, -0.25) is 9.59 Å². The maximum absolute atomic E-state index is 11.1. The molecule has 0 saturated carbocycles. The molecule has 7 nitrogen and oxygen atoms in total. The van der Waals surface area contributed by atoms with Crippen LogP contribution in [0.15, 0.2) is 11.6 Å². The Kier molecular flexibility index (Phi) is 4.43. The van der Waals surface area contributed by atoms with Gasteiger partial charge in [0.25, 0.3) is 0 Å². The minimum atomic E-state index is -1.11. The molecule has 0 fully saturated rings. The van der Waals surface area contributed by atoms with Gasteiger partial charge < -0.3 is 20.9 Å². The molecule has 1 unspecified atom stereocenters. The number of carbonyl (C=O) groups is 3. The fourth-order valence-electron chi connectivity index (χ4n) is 1.91. The van der Waals surface area contributed by atoms with Crippen LogP contribution in [0.5, 0.6) is 0 Å². The highest BCUT2D eigenvalue weighted by molar-refractivity contribution is 5.87. The lowest BCUT2D eigenvalue weighted by molar-refractivity contribution is -0.150. The van der Waals surface area contributed by atoms with Crippen molar-refractivity contribution in [2.75, 3.05) is 0 Å². The van der Waals surface area contributed by atoms with Crippen LogP contribution in [0.3, 0.4) is 0 Å². The Bertz CT molecular complexity index is 404. The molecule has 100 valence electrons. The summed E-state index contributed by atoms with van der Waals surface area (Å²) in [4.78, 5) is 33.0. The molecular formula is C11H16N2O5. The zero-order chi connectivity index (χ0) is 13.9. The third-order valence-corrected chi connectivity index (χ3v) is 2.59. The first kappa shape index (κ1) is 14.2. The smallest absolute Gasteiger partial charge is 0.331 e. The number of carboxylic acid groups (broad SMARTS) is 1. The number of amides is 1. The van der Waals surface area contributed by atoms with E-state index in [1.807, 2.05) is 0 Å². The van der Waals surface area contributed by atoms with Gasteiger partial charge in [0.2, 0.25) is 5.91 Å². The van der Waals surface area contributed by atoms with Crippen molar-refractivity contribution >= 4 is 17.8 Å². The molecule has 1 aliphatic rings. The van der Waals surface area contributed by atoms with Gasteiger partial charge in [-0.05, 0) is 0 Å². The third-order valence-electron chi connectivity index (χ3n) is 2.59. The molecule has 0 aliphatic heterocycles. The quantitative estimate of drug-likeness (QED) is 0.567. The fraction of sp³-hybridized carbons (Fsp3) is 0.545. The normalized spacial score (nSPS) is 27.1. The zero-order valence-electron chi connectivity index (χ0n) is 10.2. The standard InChI is InChI=1S/C11H16N2O5/c1-5(14)13-10-8(12)3-7(11(16)17)4-9(10)18-6(2)15/h3,8-10H,4,12H2,1-2H3,(H,13,14)(H,16,17)/t8-,9+,10?/m0/s1. The summed E-state index contributed by atoms with van der Waals surface area (Å²) in [6.07, 6.45) is 0.619. The van der Waals surface area contributed by atoms with Crippen molar-refractivity contribution in [1.82, 2.24) is 5.32 Å². The van der Waals surface area contributed by atoms with Crippen molar-refractivity contribution in [2.45, 2.75) is 38.5 Å². The summed E-state index contributed by atoms with van der Waals surface area (Å²) in [7, 11) is 0. The molecule has 0 aromatic rings. The fourth-order valence-corrected chi connectivity index (χ4v) is 1.91. The van der Waals surface area contributed by atoms with Crippen LogP contribution in [0.1, 0.15) is 20.3 Å². The van der Waals surface area contributed by atoms with E-state index in [4.69, 9.17) is 15.6 Å². The van der Waals surface area contributed by atoms with Gasteiger partial charge in [0.1, 0.15) is 6.10 Å². The maximum atomic E-state index is 11.1. The molecule has 7 heteroatoms. The molecular weight excluding hydrogens is 240 g/mol. The zero-order valence-corrected chi connectivity index (χ0v) is 10.2. The van der Waals surface area contributed by atoms with Gasteiger partial charge >= 0.3 is 11.9 Å². The van der Waals surface area contributed by atoms with Crippen LogP contribution in [0.4, 0.5) is 0 Å². The number of nitrogens with one attached hydrogen (secondary N) is 1. The van der Waals surface area contributed by atoms with Gasteiger partial charge in [-0.15, -0.1) is 0 Å². The summed E-state index contributed by atoms with van der Waals surface area (Å²) in [6, 6.07) is -1.33. The van der Waals surface area contributed by atoms with E-state index in [1.54, 1.807) is 0 Å². The molecule has 0 aromatic heterocycles. The number of nitrogens with two attached hydrogens (primary N) is 1. The first-order valence-electron chi connectivity index (χ1n) is 5.45. The number of carboxylic acids is 1. The summed E-state index contributed by atoms with van der Waals surface area (Å²) in [5.41, 5.74) is 5.85. The minimum Gasteiger partial charge on any atom is -0.478 e. The number of hydrogen-bond acceptors (Lipinski definition) is 5. The number of ether oxygens (including phenoxy) is 1. The van der Waals surface area contributed by atoms with E-state index in [9.17, 15) is 14.4 Å². The summed E-state index contributed by atoms with van der Waals surface area (Å²) in [5.74, 6) is -1.97. The molecule has 4 N–H and O–H groups in total. The van der Waals surface area contributed by atoms with Gasteiger partial charge in [0.05, 0.1) is 6.04 Å². The Morgan fingerprint density at radius 2 is 2.06 bits per heavy atom. The average Bonchev–Trinajstić information content (AvgIpc) is 2.21. The summed E-state index contributed by atoms with van der Waals surface area (Å²) >= 11 is 0. The van der Waals surface area contributed by atoms with E-state index >= 15 is 0 Å². The molecule has 1 aliphatic carbocycles. The highest BCUT2D eigenvalue weighted by Gasteiger charge is 2.36. The molecule has 1 amide bonds. The van der Waals surface area contributed by atoms with Gasteiger partial charge in [-0.25, -0.2) is 4.79 Å². The molecule has 0 radical (unpaired) electrons. The van der Waals surface area contributed by atoms with Gasteiger partial charge in [0.15, 0.2) is 0 Å².